The number of rotatable bonds is 4. The molecule has 0 radical (unpaired) electrons. The number of carbonyl (C=O) groups is 1. The Balaban J connectivity index is 2.46. The first-order chi connectivity index (χ1) is 8.94. The van der Waals surface area contributed by atoms with E-state index in [2.05, 4.69) is 9.88 Å². The molecule has 0 saturated heterocycles. The molecule has 1 aliphatic rings. The van der Waals surface area contributed by atoms with Crippen molar-refractivity contribution < 1.29 is 18.6 Å². The Morgan fingerprint density at radius 1 is 1.25 bits per heavy atom. The maximum absolute atomic E-state index is 11.8. The molecule has 0 aromatic carbocycles. The molecule has 1 fully saturated rings. The number of hydroxylamine groups is 1. The van der Waals surface area contributed by atoms with Gasteiger partial charge in [-0.2, -0.15) is 9.88 Å². The summed E-state index contributed by atoms with van der Waals surface area (Å²) in [6.45, 7) is 10.9. The molecule has 0 aromatic rings. The molecule has 7 heteroatoms. The molecule has 1 unspecified atom stereocenters. The zero-order valence-electron chi connectivity index (χ0n) is 13.0. The van der Waals surface area contributed by atoms with Crippen molar-refractivity contribution in [1.29, 1.82) is 0 Å². The van der Waals surface area contributed by atoms with E-state index < -0.39 is 33.0 Å². The van der Waals surface area contributed by atoms with E-state index in [1.54, 1.807) is 20.8 Å². The molecular formula is C13H24N2O4S. The zero-order chi connectivity index (χ0) is 15.6. The van der Waals surface area contributed by atoms with Gasteiger partial charge in [0.25, 0.3) is 0 Å². The normalized spacial score (nSPS) is 19.7. The van der Waals surface area contributed by atoms with E-state index >= 15 is 0 Å². The molecule has 0 heterocycles. The van der Waals surface area contributed by atoms with Crippen LogP contribution in [0.25, 0.3) is 0 Å². The average molecular weight is 304 g/mol. The second-order valence-electron chi connectivity index (χ2n) is 6.87. The minimum atomic E-state index is -1.33. The van der Waals surface area contributed by atoms with E-state index in [9.17, 15) is 9.00 Å². The van der Waals surface area contributed by atoms with Crippen LogP contribution >= 0.6 is 0 Å². The van der Waals surface area contributed by atoms with Crippen molar-refractivity contribution in [2.24, 2.45) is 4.40 Å². The van der Waals surface area contributed by atoms with Crippen molar-refractivity contribution in [2.75, 3.05) is 0 Å². The van der Waals surface area contributed by atoms with Crippen LogP contribution in [0.4, 0.5) is 4.79 Å². The summed E-state index contributed by atoms with van der Waals surface area (Å²) < 4.78 is 20.5. The molecule has 1 N–H and O–H groups in total. The van der Waals surface area contributed by atoms with Gasteiger partial charge in [0.2, 0.25) is 0 Å². The van der Waals surface area contributed by atoms with Gasteiger partial charge in [0.15, 0.2) is 0 Å². The van der Waals surface area contributed by atoms with Crippen LogP contribution in [0.3, 0.4) is 0 Å². The van der Waals surface area contributed by atoms with Gasteiger partial charge in [-0.25, -0.2) is 9.00 Å². The minimum absolute atomic E-state index is 0.412. The summed E-state index contributed by atoms with van der Waals surface area (Å²) >= 11 is 0. The predicted octanol–water partition coefficient (Wildman–Crippen LogP) is 2.51. The van der Waals surface area contributed by atoms with Crippen molar-refractivity contribution in [3.8, 4) is 0 Å². The van der Waals surface area contributed by atoms with Crippen LogP contribution in [-0.4, -0.2) is 32.5 Å². The summed E-state index contributed by atoms with van der Waals surface area (Å²) in [5.74, 6) is 0. The molecule has 1 aliphatic carbocycles. The highest BCUT2D eigenvalue weighted by atomic mass is 32.2. The first kappa shape index (κ1) is 17.1. The largest absolute Gasteiger partial charge is 0.442 e. The van der Waals surface area contributed by atoms with E-state index in [-0.39, 0.29) is 0 Å². The van der Waals surface area contributed by atoms with Crippen molar-refractivity contribution in [3.63, 3.8) is 0 Å². The molecule has 116 valence electrons. The summed E-state index contributed by atoms with van der Waals surface area (Å²) in [6, 6.07) is 0. The Morgan fingerprint density at radius 3 is 2.20 bits per heavy atom. The maximum Gasteiger partial charge on any atom is 0.431 e. The number of hydrogen-bond acceptors (Lipinski definition) is 4. The number of hydrogen-bond donors (Lipinski definition) is 1. The van der Waals surface area contributed by atoms with Gasteiger partial charge in [-0.3, -0.25) is 4.84 Å². The van der Waals surface area contributed by atoms with Crippen LogP contribution in [0.5, 0.6) is 0 Å². The van der Waals surface area contributed by atoms with Crippen molar-refractivity contribution >= 4 is 23.3 Å². The van der Waals surface area contributed by atoms with Crippen molar-refractivity contribution in [1.82, 2.24) is 5.48 Å². The molecule has 1 saturated carbocycles. The molecule has 6 nitrogen and oxygen atoms in total. The third kappa shape index (κ3) is 6.00. The Labute approximate surface area is 122 Å². The van der Waals surface area contributed by atoms with Gasteiger partial charge in [-0.1, -0.05) is 0 Å². The van der Waals surface area contributed by atoms with Gasteiger partial charge in [-0.05, 0) is 54.4 Å². The average Bonchev–Trinajstić information content (AvgIpc) is 3.00. The van der Waals surface area contributed by atoms with Gasteiger partial charge in [-0.15, -0.1) is 0 Å². The van der Waals surface area contributed by atoms with Crippen molar-refractivity contribution in [2.45, 2.75) is 70.3 Å². The van der Waals surface area contributed by atoms with Gasteiger partial charge >= 0.3 is 6.09 Å². The van der Waals surface area contributed by atoms with Gasteiger partial charge in [0.1, 0.15) is 22.2 Å². The summed E-state index contributed by atoms with van der Waals surface area (Å²) in [5.41, 5.74) is 1.03. The van der Waals surface area contributed by atoms with Crippen molar-refractivity contribution in [3.05, 3.63) is 0 Å². The van der Waals surface area contributed by atoms with E-state index in [1.807, 2.05) is 20.8 Å². The molecule has 1 amide bonds. The molecule has 1 rings (SSSR count). The van der Waals surface area contributed by atoms with Gasteiger partial charge in [0.05, 0.1) is 4.75 Å². The molecule has 1 atom stereocenters. The second kappa shape index (κ2) is 5.81. The van der Waals surface area contributed by atoms with E-state index in [0.29, 0.717) is 0 Å². The Bertz CT molecular complexity index is 417. The van der Waals surface area contributed by atoms with Crippen LogP contribution in [0.15, 0.2) is 4.40 Å². The Kier molecular flexibility index (Phi) is 4.97. The maximum atomic E-state index is 11.8. The summed E-state index contributed by atoms with van der Waals surface area (Å²) in [6.07, 6.45) is 2.33. The molecule has 0 aliphatic heterocycles. The minimum Gasteiger partial charge on any atom is -0.442 e. The zero-order valence-corrected chi connectivity index (χ0v) is 13.8. The fraction of sp³-hybridized carbons (Fsp3) is 0.846. The number of carbonyl (C=O) groups excluding carboxylic acids is 1. The van der Waals surface area contributed by atoms with Gasteiger partial charge in [0, 0.05) is 6.21 Å². The number of nitrogens with zero attached hydrogens (tertiary/aromatic N) is 1. The molecule has 0 spiro atoms. The third-order valence-corrected chi connectivity index (χ3v) is 3.73. The summed E-state index contributed by atoms with van der Waals surface area (Å²) in [4.78, 5) is 16.8. The highest BCUT2D eigenvalue weighted by molar-refractivity contribution is 7.85. The summed E-state index contributed by atoms with van der Waals surface area (Å²) in [7, 11) is -1.33. The number of nitrogens with one attached hydrogen (secondary N) is 1. The summed E-state index contributed by atoms with van der Waals surface area (Å²) in [5, 5.41) is 0. The van der Waals surface area contributed by atoms with Crippen LogP contribution in [-0.2, 0) is 20.6 Å². The molecule has 20 heavy (non-hydrogen) atoms. The molecule has 0 bridgehead atoms. The topological polar surface area (TPSA) is 77.0 Å². The smallest absolute Gasteiger partial charge is 0.431 e. The standard InChI is InChI=1S/C13H24N2O4S/c1-11(2,3)18-10(16)15-19-13(7-8-13)9-14-20(17)12(4,5)6/h9H,7-8H2,1-6H3,(H,15,16)/b14-9+. The first-order valence-electron chi connectivity index (χ1n) is 6.58. The highest BCUT2D eigenvalue weighted by Gasteiger charge is 2.45. The molecule has 0 aromatic heterocycles. The SMILES string of the molecule is CC(C)(C)OC(=O)NOC1(/C=N/S(=O)C(C)(C)C)CC1. The quantitative estimate of drug-likeness (QED) is 0.639. The number of ether oxygens (including phenoxy) is 1. The predicted molar refractivity (Wildman–Crippen MR) is 78.8 cm³/mol. The van der Waals surface area contributed by atoms with Crippen LogP contribution in [0.2, 0.25) is 0 Å². The van der Waals surface area contributed by atoms with Crippen LogP contribution < -0.4 is 5.48 Å². The van der Waals surface area contributed by atoms with E-state index in [1.165, 1.54) is 6.21 Å². The number of amides is 1. The monoisotopic (exact) mass is 304 g/mol. The second-order valence-corrected chi connectivity index (χ2v) is 8.80. The van der Waals surface area contributed by atoms with E-state index in [4.69, 9.17) is 9.57 Å². The lowest BCUT2D eigenvalue weighted by atomic mass is 10.2. The first-order valence-corrected chi connectivity index (χ1v) is 7.68. The molecular weight excluding hydrogens is 280 g/mol. The van der Waals surface area contributed by atoms with Crippen LogP contribution in [0, 0.1) is 0 Å². The lowest BCUT2D eigenvalue weighted by molar-refractivity contribution is -0.0289. The Hall–Kier alpha value is -0.950. The van der Waals surface area contributed by atoms with E-state index in [0.717, 1.165) is 12.8 Å². The lowest BCUT2D eigenvalue weighted by Gasteiger charge is -2.20. The lowest BCUT2D eigenvalue weighted by Crippen LogP contribution is -2.36. The fourth-order valence-corrected chi connectivity index (χ4v) is 1.73. The Morgan fingerprint density at radius 2 is 1.80 bits per heavy atom. The van der Waals surface area contributed by atoms with Gasteiger partial charge < -0.3 is 4.74 Å². The third-order valence-electron chi connectivity index (χ3n) is 2.39. The fourth-order valence-electron chi connectivity index (χ4n) is 1.12. The highest BCUT2D eigenvalue weighted by Crippen LogP contribution is 2.37. The van der Waals surface area contributed by atoms with Crippen LogP contribution in [0.1, 0.15) is 54.4 Å².